The molecule has 0 aliphatic rings. The van der Waals surface area contributed by atoms with Gasteiger partial charge in [0, 0.05) is 12.6 Å². The second-order valence-corrected chi connectivity index (χ2v) is 6.85. The number of fused-ring (bicyclic) bond motifs is 1. The molecule has 0 saturated heterocycles. The highest BCUT2D eigenvalue weighted by atomic mass is 32.1. The second kappa shape index (κ2) is 6.41. The van der Waals surface area contributed by atoms with Crippen LogP contribution in [-0.2, 0) is 0 Å². The number of hydrogen-bond donors (Lipinski definition) is 2. The lowest BCUT2D eigenvalue weighted by atomic mass is 10.0. The summed E-state index contributed by atoms with van der Waals surface area (Å²) in [5.41, 5.74) is 10.8. The van der Waals surface area contributed by atoms with E-state index in [1.165, 1.54) is 0 Å². The van der Waals surface area contributed by atoms with Gasteiger partial charge in [0.05, 0.1) is 21.6 Å². The van der Waals surface area contributed by atoms with Gasteiger partial charge in [-0.3, -0.25) is 0 Å². The van der Waals surface area contributed by atoms with E-state index >= 15 is 0 Å². The van der Waals surface area contributed by atoms with Crippen molar-refractivity contribution >= 4 is 32.9 Å². The number of likely N-dealkylation sites (N-methyl/N-ethyl adjacent to an activating group) is 1. The first-order valence-electron chi connectivity index (χ1n) is 7.00. The van der Waals surface area contributed by atoms with Gasteiger partial charge in [0.1, 0.15) is 5.52 Å². The van der Waals surface area contributed by atoms with E-state index in [9.17, 15) is 0 Å². The summed E-state index contributed by atoms with van der Waals surface area (Å²) in [5, 5.41) is 3.59. The summed E-state index contributed by atoms with van der Waals surface area (Å²) in [6.07, 6.45) is 1.12. The smallest absolute Gasteiger partial charge is 0.106 e. The average molecular weight is 292 g/mol. The van der Waals surface area contributed by atoms with Crippen molar-refractivity contribution in [3.05, 3.63) is 17.6 Å². The summed E-state index contributed by atoms with van der Waals surface area (Å²) in [6, 6.07) is 4.55. The summed E-state index contributed by atoms with van der Waals surface area (Å²) in [4.78, 5) is 6.56. The maximum atomic E-state index is 6.24. The number of anilines is 2. The minimum Gasteiger partial charge on any atom is -0.395 e. The van der Waals surface area contributed by atoms with Crippen molar-refractivity contribution in [1.82, 2.24) is 9.88 Å². The van der Waals surface area contributed by atoms with E-state index in [0.29, 0.717) is 12.0 Å². The van der Waals surface area contributed by atoms with Crippen molar-refractivity contribution in [3.63, 3.8) is 0 Å². The predicted molar refractivity (Wildman–Crippen MR) is 89.5 cm³/mol. The van der Waals surface area contributed by atoms with E-state index in [1.54, 1.807) is 11.3 Å². The van der Waals surface area contributed by atoms with Crippen LogP contribution in [0, 0.1) is 5.92 Å². The molecule has 0 radical (unpaired) electrons. The van der Waals surface area contributed by atoms with Crippen molar-refractivity contribution < 1.29 is 0 Å². The zero-order valence-corrected chi connectivity index (χ0v) is 13.5. The largest absolute Gasteiger partial charge is 0.395 e. The van der Waals surface area contributed by atoms with Crippen LogP contribution in [0.5, 0.6) is 0 Å². The number of nitrogens with one attached hydrogen (secondary N) is 1. The third kappa shape index (κ3) is 3.61. The molecule has 2 aromatic rings. The third-order valence-electron chi connectivity index (χ3n) is 3.24. The summed E-state index contributed by atoms with van der Waals surface area (Å²) in [5.74, 6) is 0.650. The molecule has 0 bridgehead atoms. The van der Waals surface area contributed by atoms with Gasteiger partial charge in [0.15, 0.2) is 0 Å². The van der Waals surface area contributed by atoms with Crippen molar-refractivity contribution in [3.8, 4) is 0 Å². The highest BCUT2D eigenvalue weighted by Crippen LogP contribution is 2.30. The van der Waals surface area contributed by atoms with Crippen LogP contribution in [-0.4, -0.2) is 36.6 Å². The minimum atomic E-state index is 0.392. The van der Waals surface area contributed by atoms with Gasteiger partial charge >= 0.3 is 0 Å². The van der Waals surface area contributed by atoms with E-state index in [1.807, 2.05) is 5.51 Å². The first-order valence-corrected chi connectivity index (χ1v) is 7.88. The van der Waals surface area contributed by atoms with Gasteiger partial charge in [-0.15, -0.1) is 11.3 Å². The van der Waals surface area contributed by atoms with Gasteiger partial charge in [-0.2, -0.15) is 0 Å². The zero-order valence-electron chi connectivity index (χ0n) is 12.7. The molecular formula is C15H24N4S. The minimum absolute atomic E-state index is 0.392. The van der Waals surface area contributed by atoms with Crippen LogP contribution >= 0.6 is 11.3 Å². The molecule has 1 atom stereocenters. The number of hydrogen-bond acceptors (Lipinski definition) is 5. The number of rotatable bonds is 6. The summed E-state index contributed by atoms with van der Waals surface area (Å²) in [6.45, 7) is 5.49. The zero-order chi connectivity index (χ0) is 14.7. The normalized spacial score (nSPS) is 13.3. The van der Waals surface area contributed by atoms with Gasteiger partial charge in [0.2, 0.25) is 0 Å². The Morgan fingerprint density at radius 2 is 2.10 bits per heavy atom. The van der Waals surface area contributed by atoms with Crippen LogP contribution in [0.25, 0.3) is 10.2 Å². The van der Waals surface area contributed by atoms with Gasteiger partial charge < -0.3 is 16.0 Å². The molecule has 1 aromatic heterocycles. The molecule has 0 fully saturated rings. The van der Waals surface area contributed by atoms with Gasteiger partial charge in [-0.05, 0) is 38.6 Å². The highest BCUT2D eigenvalue weighted by molar-refractivity contribution is 7.16. The Balaban J connectivity index is 2.20. The summed E-state index contributed by atoms with van der Waals surface area (Å²) >= 11 is 1.62. The van der Waals surface area contributed by atoms with Gasteiger partial charge in [0.25, 0.3) is 0 Å². The van der Waals surface area contributed by atoms with Crippen molar-refractivity contribution in [1.29, 1.82) is 0 Å². The molecule has 1 heterocycles. The van der Waals surface area contributed by atoms with Crippen molar-refractivity contribution in [2.75, 3.05) is 31.7 Å². The first-order chi connectivity index (χ1) is 9.47. The van der Waals surface area contributed by atoms with E-state index in [0.717, 1.165) is 34.6 Å². The quantitative estimate of drug-likeness (QED) is 0.802. The van der Waals surface area contributed by atoms with E-state index in [-0.39, 0.29) is 0 Å². The fourth-order valence-corrected chi connectivity index (χ4v) is 3.18. The molecule has 2 rings (SSSR count). The summed E-state index contributed by atoms with van der Waals surface area (Å²) < 4.78 is 1.14. The van der Waals surface area contributed by atoms with Gasteiger partial charge in [-0.1, -0.05) is 13.8 Å². The standard InChI is InChI=1S/C15H24N4S/c1-10(2)7-11(8-19(3)4)18-12-5-6-13-15(14(12)16)17-9-20-13/h5-6,9-11,18H,7-8,16H2,1-4H3. The lowest BCUT2D eigenvalue weighted by Gasteiger charge is -2.25. The number of nitrogens with two attached hydrogens (primary N) is 1. The first kappa shape index (κ1) is 15.1. The lowest BCUT2D eigenvalue weighted by Crippen LogP contribution is -2.33. The Labute approximate surface area is 125 Å². The molecule has 1 aromatic carbocycles. The fourth-order valence-electron chi connectivity index (χ4n) is 2.49. The van der Waals surface area contributed by atoms with Crippen LogP contribution in [0.4, 0.5) is 11.4 Å². The number of nitrogen functional groups attached to an aromatic ring is 1. The van der Waals surface area contributed by atoms with Crippen LogP contribution < -0.4 is 11.1 Å². The molecule has 0 amide bonds. The SMILES string of the molecule is CC(C)CC(CN(C)C)Nc1ccc2scnc2c1N. The van der Waals surface area contributed by atoms with Crippen LogP contribution in [0.2, 0.25) is 0 Å². The Hall–Kier alpha value is -1.33. The Morgan fingerprint density at radius 1 is 1.35 bits per heavy atom. The summed E-state index contributed by atoms with van der Waals surface area (Å²) in [7, 11) is 4.20. The molecule has 0 saturated carbocycles. The maximum absolute atomic E-state index is 6.24. The van der Waals surface area contributed by atoms with E-state index in [4.69, 9.17) is 5.73 Å². The number of benzene rings is 1. The van der Waals surface area contributed by atoms with Crippen LogP contribution in [0.15, 0.2) is 17.6 Å². The Kier molecular flexibility index (Phi) is 4.83. The Bertz CT molecular complexity index is 552. The maximum Gasteiger partial charge on any atom is 0.106 e. The molecule has 110 valence electrons. The predicted octanol–water partition coefficient (Wildman–Crippen LogP) is 3.27. The van der Waals surface area contributed by atoms with Crippen molar-refractivity contribution in [2.45, 2.75) is 26.3 Å². The Morgan fingerprint density at radius 3 is 2.75 bits per heavy atom. The van der Waals surface area contributed by atoms with Crippen molar-refractivity contribution in [2.24, 2.45) is 5.92 Å². The molecule has 0 spiro atoms. The molecule has 0 aliphatic carbocycles. The monoisotopic (exact) mass is 292 g/mol. The number of nitrogens with zero attached hydrogens (tertiary/aromatic N) is 2. The molecule has 4 nitrogen and oxygen atoms in total. The lowest BCUT2D eigenvalue weighted by molar-refractivity contribution is 0.356. The molecule has 3 N–H and O–H groups in total. The average Bonchev–Trinajstić information content (AvgIpc) is 2.80. The molecule has 20 heavy (non-hydrogen) atoms. The number of thiazole rings is 1. The van der Waals surface area contributed by atoms with Crippen LogP contribution in [0.3, 0.4) is 0 Å². The molecule has 0 aliphatic heterocycles. The van der Waals surface area contributed by atoms with E-state index < -0.39 is 0 Å². The van der Waals surface area contributed by atoms with Gasteiger partial charge in [-0.25, -0.2) is 4.98 Å². The topological polar surface area (TPSA) is 54.2 Å². The highest BCUT2D eigenvalue weighted by Gasteiger charge is 2.14. The second-order valence-electron chi connectivity index (χ2n) is 5.96. The molecule has 5 heteroatoms. The molecule has 1 unspecified atom stereocenters. The fraction of sp³-hybridized carbons (Fsp3) is 0.533. The number of aromatic nitrogens is 1. The van der Waals surface area contributed by atoms with Crippen LogP contribution in [0.1, 0.15) is 20.3 Å². The third-order valence-corrected chi connectivity index (χ3v) is 4.04. The van der Waals surface area contributed by atoms with E-state index in [2.05, 4.69) is 55.3 Å². The molecular weight excluding hydrogens is 268 g/mol.